The van der Waals surface area contributed by atoms with E-state index in [0.717, 1.165) is 16.5 Å². The van der Waals surface area contributed by atoms with Crippen LogP contribution in [-0.4, -0.2) is 36.9 Å². The van der Waals surface area contributed by atoms with E-state index >= 15 is 0 Å². The van der Waals surface area contributed by atoms with Crippen LogP contribution in [0.15, 0.2) is 42.5 Å². The molecule has 0 heterocycles. The molecule has 3 N–H and O–H groups in total. The number of amides is 2. The van der Waals surface area contributed by atoms with E-state index in [9.17, 15) is 9.90 Å². The fourth-order valence-corrected chi connectivity index (χ4v) is 2.64. The average Bonchev–Trinajstić information content (AvgIpc) is 2.56. The number of urea groups is 1. The summed E-state index contributed by atoms with van der Waals surface area (Å²) in [6, 6.07) is 13.8. The van der Waals surface area contributed by atoms with Gasteiger partial charge in [0.05, 0.1) is 12.6 Å². The molecule has 2 atom stereocenters. The Bertz CT molecular complexity index is 653. The topological polar surface area (TPSA) is 70.6 Å². The minimum Gasteiger partial charge on any atom is -0.491 e. The first-order valence-electron chi connectivity index (χ1n) is 8.36. The molecule has 5 nitrogen and oxygen atoms in total. The van der Waals surface area contributed by atoms with Gasteiger partial charge in [-0.15, -0.1) is 0 Å². The van der Waals surface area contributed by atoms with Crippen molar-refractivity contribution in [2.45, 2.75) is 26.4 Å². The lowest BCUT2D eigenvalue weighted by Crippen LogP contribution is -2.39. The van der Waals surface area contributed by atoms with Gasteiger partial charge in [-0.05, 0) is 30.7 Å². The van der Waals surface area contributed by atoms with Crippen molar-refractivity contribution in [1.29, 1.82) is 0 Å². The highest BCUT2D eigenvalue weighted by atomic mass is 16.5. The molecule has 0 spiro atoms. The number of nitrogens with one attached hydrogen (secondary N) is 2. The van der Waals surface area contributed by atoms with E-state index in [4.69, 9.17) is 4.74 Å². The third-order valence-corrected chi connectivity index (χ3v) is 3.75. The van der Waals surface area contributed by atoms with Gasteiger partial charge in [0.1, 0.15) is 12.4 Å². The maximum absolute atomic E-state index is 11.7. The second-order valence-electron chi connectivity index (χ2n) is 6.15. The number of carbonyl (C=O) groups excluding carboxylic acids is 1. The molecule has 2 amide bonds. The van der Waals surface area contributed by atoms with Crippen molar-refractivity contribution >= 4 is 16.8 Å². The summed E-state index contributed by atoms with van der Waals surface area (Å²) in [6.45, 7) is 5.13. The molecule has 0 aromatic heterocycles. The molecule has 2 aromatic carbocycles. The summed E-state index contributed by atoms with van der Waals surface area (Å²) in [5.74, 6) is 1.06. The van der Waals surface area contributed by atoms with Crippen molar-refractivity contribution in [2.24, 2.45) is 5.92 Å². The predicted octanol–water partition coefficient (Wildman–Crippen LogP) is 2.92. The molecule has 0 radical (unpaired) electrons. The van der Waals surface area contributed by atoms with Crippen LogP contribution in [0.25, 0.3) is 10.8 Å². The number of rotatable bonds is 8. The quantitative estimate of drug-likeness (QED) is 0.652. The zero-order valence-corrected chi connectivity index (χ0v) is 14.3. The zero-order valence-electron chi connectivity index (χ0n) is 14.3. The molecule has 2 aromatic rings. The van der Waals surface area contributed by atoms with Gasteiger partial charge >= 0.3 is 6.03 Å². The van der Waals surface area contributed by atoms with Crippen LogP contribution in [-0.2, 0) is 0 Å². The minimum atomic E-state index is -0.348. The molecule has 0 aliphatic heterocycles. The van der Waals surface area contributed by atoms with Gasteiger partial charge in [-0.2, -0.15) is 0 Å². The number of fused-ring (bicyclic) bond motifs is 1. The van der Waals surface area contributed by atoms with E-state index in [1.807, 2.05) is 49.4 Å². The average molecular weight is 330 g/mol. The Morgan fingerprint density at radius 3 is 2.67 bits per heavy atom. The van der Waals surface area contributed by atoms with Crippen LogP contribution in [0.2, 0.25) is 0 Å². The highest BCUT2D eigenvalue weighted by Crippen LogP contribution is 2.24. The lowest BCUT2D eigenvalue weighted by atomic mass is 10.1. The third-order valence-electron chi connectivity index (χ3n) is 3.75. The molecule has 0 aliphatic rings. The second-order valence-corrected chi connectivity index (χ2v) is 6.15. The SMILES string of the molecule is CC(O)CC(C)CNC(=O)NCCOc1cccc2ccccc12. The smallest absolute Gasteiger partial charge is 0.314 e. The molecule has 0 bridgehead atoms. The first-order valence-corrected chi connectivity index (χ1v) is 8.36. The van der Waals surface area contributed by atoms with Crippen LogP contribution in [0.3, 0.4) is 0 Å². The van der Waals surface area contributed by atoms with E-state index in [0.29, 0.717) is 26.1 Å². The van der Waals surface area contributed by atoms with Gasteiger partial charge in [0.2, 0.25) is 0 Å². The molecule has 5 heteroatoms. The highest BCUT2D eigenvalue weighted by Gasteiger charge is 2.08. The molecule has 24 heavy (non-hydrogen) atoms. The Hall–Kier alpha value is -2.27. The summed E-state index contributed by atoms with van der Waals surface area (Å²) in [5.41, 5.74) is 0. The fraction of sp³-hybridized carbons (Fsp3) is 0.421. The fourth-order valence-electron chi connectivity index (χ4n) is 2.64. The van der Waals surface area contributed by atoms with Crippen molar-refractivity contribution in [2.75, 3.05) is 19.7 Å². The Kier molecular flexibility index (Phi) is 6.88. The largest absolute Gasteiger partial charge is 0.491 e. The van der Waals surface area contributed by atoms with Crippen molar-refractivity contribution in [3.63, 3.8) is 0 Å². The number of hydrogen-bond donors (Lipinski definition) is 3. The molecule has 2 unspecified atom stereocenters. The Morgan fingerprint density at radius 1 is 1.12 bits per heavy atom. The van der Waals surface area contributed by atoms with Crippen molar-refractivity contribution in [1.82, 2.24) is 10.6 Å². The molecule has 2 rings (SSSR count). The summed E-state index contributed by atoms with van der Waals surface area (Å²) in [5, 5.41) is 17.1. The molecule has 0 saturated carbocycles. The predicted molar refractivity (Wildman–Crippen MR) is 96.3 cm³/mol. The van der Waals surface area contributed by atoms with Crippen molar-refractivity contribution in [3.05, 3.63) is 42.5 Å². The van der Waals surface area contributed by atoms with Crippen LogP contribution in [0, 0.1) is 5.92 Å². The number of aliphatic hydroxyl groups is 1. The maximum Gasteiger partial charge on any atom is 0.314 e. The number of aliphatic hydroxyl groups excluding tert-OH is 1. The third kappa shape index (κ3) is 5.74. The van der Waals surface area contributed by atoms with Crippen molar-refractivity contribution in [3.8, 4) is 5.75 Å². The van der Waals surface area contributed by atoms with Gasteiger partial charge in [-0.1, -0.05) is 43.3 Å². The first-order chi connectivity index (χ1) is 11.6. The molecule has 0 aliphatic carbocycles. The number of carbonyl (C=O) groups is 1. The van der Waals surface area contributed by atoms with Crippen LogP contribution in [0.5, 0.6) is 5.75 Å². The Balaban J connectivity index is 1.70. The standard InChI is InChI=1S/C19H26N2O3/c1-14(12-15(2)22)13-21-19(23)20-10-11-24-18-9-5-7-16-6-3-4-8-17(16)18/h3-9,14-15,22H,10-13H2,1-2H3,(H2,20,21,23). The molecule has 130 valence electrons. The van der Waals surface area contributed by atoms with Crippen LogP contribution in [0.1, 0.15) is 20.3 Å². The summed E-state index contributed by atoms with van der Waals surface area (Å²) in [4.78, 5) is 11.7. The molecular formula is C19H26N2O3. The Morgan fingerprint density at radius 2 is 1.88 bits per heavy atom. The number of benzene rings is 2. The molecule has 0 saturated heterocycles. The van der Waals surface area contributed by atoms with Gasteiger partial charge < -0.3 is 20.5 Å². The summed E-state index contributed by atoms with van der Waals surface area (Å²) >= 11 is 0. The van der Waals surface area contributed by atoms with Crippen molar-refractivity contribution < 1.29 is 14.6 Å². The van der Waals surface area contributed by atoms with Gasteiger partial charge in [-0.3, -0.25) is 0 Å². The minimum absolute atomic E-state index is 0.214. The second kappa shape index (κ2) is 9.13. The van der Waals surface area contributed by atoms with Gasteiger partial charge in [-0.25, -0.2) is 4.79 Å². The van der Waals surface area contributed by atoms with Crippen LogP contribution >= 0.6 is 0 Å². The van der Waals surface area contributed by atoms with E-state index in [-0.39, 0.29) is 18.1 Å². The van der Waals surface area contributed by atoms with E-state index < -0.39 is 0 Å². The molecular weight excluding hydrogens is 304 g/mol. The summed E-state index contributed by atoms with van der Waals surface area (Å²) in [7, 11) is 0. The highest BCUT2D eigenvalue weighted by molar-refractivity contribution is 5.88. The maximum atomic E-state index is 11.7. The summed E-state index contributed by atoms with van der Waals surface area (Å²) < 4.78 is 5.77. The molecule has 0 fully saturated rings. The zero-order chi connectivity index (χ0) is 17.4. The lowest BCUT2D eigenvalue weighted by Gasteiger charge is -2.15. The van der Waals surface area contributed by atoms with Gasteiger partial charge in [0, 0.05) is 11.9 Å². The lowest BCUT2D eigenvalue weighted by molar-refractivity contribution is 0.163. The monoisotopic (exact) mass is 330 g/mol. The van der Waals surface area contributed by atoms with Gasteiger partial charge in [0.25, 0.3) is 0 Å². The number of ether oxygens (including phenoxy) is 1. The van der Waals surface area contributed by atoms with Gasteiger partial charge in [0.15, 0.2) is 0 Å². The van der Waals surface area contributed by atoms with Crippen LogP contribution in [0.4, 0.5) is 4.79 Å². The Labute approximate surface area is 143 Å². The summed E-state index contributed by atoms with van der Waals surface area (Å²) in [6.07, 6.45) is 0.323. The number of hydrogen-bond acceptors (Lipinski definition) is 3. The van der Waals surface area contributed by atoms with E-state index in [1.165, 1.54) is 0 Å². The van der Waals surface area contributed by atoms with E-state index in [1.54, 1.807) is 6.92 Å². The normalized spacial score (nSPS) is 13.3. The first kappa shape index (κ1) is 18.1. The van der Waals surface area contributed by atoms with E-state index in [2.05, 4.69) is 10.6 Å². The van der Waals surface area contributed by atoms with Crippen LogP contribution < -0.4 is 15.4 Å².